The van der Waals surface area contributed by atoms with Crippen LogP contribution in [-0.4, -0.2) is 58.4 Å². The molecule has 0 aliphatic rings. The lowest BCUT2D eigenvalue weighted by Crippen LogP contribution is -2.51. The standard InChI is InChI=1S/C22H26N2O6/c1-2-30-21(28)19(25)15-24(14-17-11-7-4-8-12-17)22(29)23-18(20(26)27)13-16-9-5-3-6-10-16/h3-12,18-19,25H,2,13-15H2,1H3,(H,23,29)(H,26,27)/t18-,19-/m0/s1. The number of amides is 2. The third-order valence-electron chi connectivity index (χ3n) is 4.33. The van der Waals surface area contributed by atoms with E-state index in [1.54, 1.807) is 55.5 Å². The SMILES string of the molecule is CCOC(=O)[C@@H](O)CN(Cc1ccccc1)C(=O)N[C@@H](Cc1ccccc1)C(=O)O. The Kier molecular flexibility index (Phi) is 8.83. The Hall–Kier alpha value is -3.39. The summed E-state index contributed by atoms with van der Waals surface area (Å²) < 4.78 is 4.79. The fourth-order valence-electron chi connectivity index (χ4n) is 2.84. The number of carboxylic acid groups (broad SMARTS) is 1. The van der Waals surface area contributed by atoms with Crippen molar-refractivity contribution in [1.82, 2.24) is 10.2 Å². The van der Waals surface area contributed by atoms with Crippen molar-refractivity contribution < 1.29 is 29.3 Å². The fraction of sp³-hybridized carbons (Fsp3) is 0.318. The number of aliphatic carboxylic acids is 1. The van der Waals surface area contributed by atoms with Gasteiger partial charge in [-0.3, -0.25) is 0 Å². The number of carbonyl (C=O) groups is 3. The average Bonchev–Trinajstić information content (AvgIpc) is 2.74. The second kappa shape index (κ2) is 11.6. The second-order valence-electron chi connectivity index (χ2n) is 6.66. The van der Waals surface area contributed by atoms with Gasteiger partial charge >= 0.3 is 18.0 Å². The minimum atomic E-state index is -1.54. The number of aliphatic hydroxyl groups excluding tert-OH is 1. The molecular weight excluding hydrogens is 388 g/mol. The topological polar surface area (TPSA) is 116 Å². The molecule has 0 aliphatic heterocycles. The van der Waals surface area contributed by atoms with E-state index in [0.29, 0.717) is 0 Å². The molecule has 8 nitrogen and oxygen atoms in total. The van der Waals surface area contributed by atoms with E-state index in [1.165, 1.54) is 4.90 Å². The van der Waals surface area contributed by atoms with E-state index in [9.17, 15) is 24.6 Å². The molecule has 3 N–H and O–H groups in total. The number of carbonyl (C=O) groups excluding carboxylic acids is 2. The molecule has 0 unspecified atom stereocenters. The first kappa shape index (κ1) is 22.9. The van der Waals surface area contributed by atoms with Gasteiger partial charge in [0.25, 0.3) is 0 Å². The van der Waals surface area contributed by atoms with E-state index in [4.69, 9.17) is 4.74 Å². The normalized spacial score (nSPS) is 12.5. The van der Waals surface area contributed by atoms with Crippen molar-refractivity contribution in [3.63, 3.8) is 0 Å². The third kappa shape index (κ3) is 7.21. The van der Waals surface area contributed by atoms with Gasteiger partial charge in [0.2, 0.25) is 0 Å². The number of nitrogens with one attached hydrogen (secondary N) is 1. The minimum Gasteiger partial charge on any atom is -0.480 e. The predicted octanol–water partition coefficient (Wildman–Crippen LogP) is 1.82. The van der Waals surface area contributed by atoms with Crippen molar-refractivity contribution >= 4 is 18.0 Å². The van der Waals surface area contributed by atoms with Crippen LogP contribution in [0.2, 0.25) is 0 Å². The molecule has 0 fully saturated rings. The van der Waals surface area contributed by atoms with Crippen LogP contribution in [0.3, 0.4) is 0 Å². The van der Waals surface area contributed by atoms with E-state index in [2.05, 4.69) is 5.32 Å². The summed E-state index contributed by atoms with van der Waals surface area (Å²) in [5, 5.41) is 22.1. The third-order valence-corrected chi connectivity index (χ3v) is 4.33. The predicted molar refractivity (Wildman–Crippen MR) is 110 cm³/mol. The molecule has 2 aromatic carbocycles. The monoisotopic (exact) mass is 414 g/mol. The summed E-state index contributed by atoms with van der Waals surface area (Å²) in [6.45, 7) is 1.46. The lowest BCUT2D eigenvalue weighted by atomic mass is 10.1. The van der Waals surface area contributed by atoms with Crippen LogP contribution in [0.4, 0.5) is 4.79 Å². The number of nitrogens with zero attached hydrogens (tertiary/aromatic N) is 1. The maximum atomic E-state index is 12.9. The molecule has 0 heterocycles. The summed E-state index contributed by atoms with van der Waals surface area (Å²) in [5.41, 5.74) is 1.52. The lowest BCUT2D eigenvalue weighted by molar-refractivity contribution is -0.153. The molecule has 160 valence electrons. The van der Waals surface area contributed by atoms with Crippen molar-refractivity contribution in [1.29, 1.82) is 0 Å². The molecule has 2 rings (SSSR count). The molecule has 0 aromatic heterocycles. The quantitative estimate of drug-likeness (QED) is 0.511. The molecular formula is C22H26N2O6. The number of esters is 1. The summed E-state index contributed by atoms with van der Waals surface area (Å²) in [6.07, 6.45) is -1.45. The van der Waals surface area contributed by atoms with Crippen molar-refractivity contribution in [2.24, 2.45) is 0 Å². The van der Waals surface area contributed by atoms with Crippen LogP contribution in [0.5, 0.6) is 0 Å². The van der Waals surface area contributed by atoms with Gasteiger partial charge in [-0.1, -0.05) is 60.7 Å². The maximum Gasteiger partial charge on any atom is 0.336 e. The van der Waals surface area contributed by atoms with E-state index in [0.717, 1.165) is 11.1 Å². The molecule has 2 aromatic rings. The van der Waals surface area contributed by atoms with Gasteiger partial charge in [0.1, 0.15) is 6.04 Å². The largest absolute Gasteiger partial charge is 0.480 e. The molecule has 0 aliphatic carbocycles. The van der Waals surface area contributed by atoms with Crippen LogP contribution < -0.4 is 5.32 Å². The average molecular weight is 414 g/mol. The van der Waals surface area contributed by atoms with Crippen LogP contribution in [-0.2, 0) is 27.3 Å². The summed E-state index contributed by atoms with van der Waals surface area (Å²) in [7, 11) is 0. The second-order valence-corrected chi connectivity index (χ2v) is 6.66. The van der Waals surface area contributed by atoms with Crippen molar-refractivity contribution in [2.75, 3.05) is 13.2 Å². The first-order valence-electron chi connectivity index (χ1n) is 9.61. The number of rotatable bonds is 10. The molecule has 2 atom stereocenters. The van der Waals surface area contributed by atoms with Gasteiger partial charge in [-0.25, -0.2) is 14.4 Å². The summed E-state index contributed by atoms with van der Waals surface area (Å²) >= 11 is 0. The Labute approximate surface area is 175 Å². The molecule has 0 saturated heterocycles. The Balaban J connectivity index is 2.14. The minimum absolute atomic E-state index is 0.0841. The van der Waals surface area contributed by atoms with Gasteiger partial charge < -0.3 is 25.2 Å². The molecule has 0 spiro atoms. The van der Waals surface area contributed by atoms with Crippen LogP contribution >= 0.6 is 0 Å². The Morgan fingerprint density at radius 3 is 2.10 bits per heavy atom. The number of hydrogen-bond donors (Lipinski definition) is 3. The van der Waals surface area contributed by atoms with Crippen LogP contribution in [0.25, 0.3) is 0 Å². The van der Waals surface area contributed by atoms with E-state index < -0.39 is 30.1 Å². The highest BCUT2D eigenvalue weighted by atomic mass is 16.5. The highest BCUT2D eigenvalue weighted by molar-refractivity contribution is 5.83. The maximum absolute atomic E-state index is 12.9. The summed E-state index contributed by atoms with van der Waals surface area (Å²) in [6, 6.07) is 16.0. The van der Waals surface area contributed by atoms with Crippen molar-refractivity contribution in [3.8, 4) is 0 Å². The first-order valence-corrected chi connectivity index (χ1v) is 9.61. The highest BCUT2D eigenvalue weighted by Crippen LogP contribution is 2.09. The van der Waals surface area contributed by atoms with Gasteiger partial charge in [-0.15, -0.1) is 0 Å². The molecule has 2 amide bonds. The highest BCUT2D eigenvalue weighted by Gasteiger charge is 2.27. The van der Waals surface area contributed by atoms with Gasteiger partial charge in [-0.05, 0) is 18.1 Å². The zero-order valence-electron chi connectivity index (χ0n) is 16.7. The number of benzene rings is 2. The van der Waals surface area contributed by atoms with Crippen molar-refractivity contribution in [3.05, 3.63) is 71.8 Å². The molecule has 0 bridgehead atoms. The molecule has 0 radical (unpaired) electrons. The first-order chi connectivity index (χ1) is 14.4. The lowest BCUT2D eigenvalue weighted by Gasteiger charge is -2.27. The smallest absolute Gasteiger partial charge is 0.336 e. The number of carboxylic acids is 1. The van der Waals surface area contributed by atoms with Crippen LogP contribution in [0.1, 0.15) is 18.1 Å². The van der Waals surface area contributed by atoms with E-state index >= 15 is 0 Å². The van der Waals surface area contributed by atoms with Gasteiger partial charge in [0, 0.05) is 13.0 Å². The summed E-state index contributed by atoms with van der Waals surface area (Å²) in [5.74, 6) is -2.03. The number of urea groups is 1. The molecule has 8 heteroatoms. The number of hydrogen-bond acceptors (Lipinski definition) is 5. The molecule has 0 saturated carbocycles. The Bertz CT molecular complexity index is 828. The van der Waals surface area contributed by atoms with E-state index in [1.807, 2.05) is 12.1 Å². The van der Waals surface area contributed by atoms with Crippen molar-refractivity contribution in [2.45, 2.75) is 32.0 Å². The van der Waals surface area contributed by atoms with Gasteiger partial charge in [-0.2, -0.15) is 0 Å². The zero-order valence-corrected chi connectivity index (χ0v) is 16.7. The van der Waals surface area contributed by atoms with Crippen LogP contribution in [0.15, 0.2) is 60.7 Å². The Morgan fingerprint density at radius 2 is 1.57 bits per heavy atom. The summed E-state index contributed by atoms with van der Waals surface area (Å²) in [4.78, 5) is 37.5. The number of ether oxygens (including phenoxy) is 1. The fourth-order valence-corrected chi connectivity index (χ4v) is 2.84. The zero-order chi connectivity index (χ0) is 21.9. The van der Waals surface area contributed by atoms with E-state index in [-0.39, 0.29) is 26.1 Å². The van der Waals surface area contributed by atoms with Gasteiger partial charge in [0.05, 0.1) is 13.2 Å². The van der Waals surface area contributed by atoms with Gasteiger partial charge in [0.15, 0.2) is 6.10 Å². The molecule has 30 heavy (non-hydrogen) atoms. The number of aliphatic hydroxyl groups is 1. The van der Waals surface area contributed by atoms with Crippen LogP contribution in [0, 0.1) is 0 Å². The Morgan fingerprint density at radius 1 is 1.00 bits per heavy atom.